The Kier molecular flexibility index (Phi) is 6.75. The highest BCUT2D eigenvalue weighted by molar-refractivity contribution is 6.35. The van der Waals surface area contributed by atoms with Crippen molar-refractivity contribution in [2.24, 2.45) is 0 Å². The van der Waals surface area contributed by atoms with E-state index in [-0.39, 0.29) is 35.0 Å². The highest BCUT2D eigenvalue weighted by Crippen LogP contribution is 2.20. The molecule has 1 heterocycles. The molecule has 6 nitrogen and oxygen atoms in total. The number of halogens is 1. The van der Waals surface area contributed by atoms with Crippen LogP contribution in [0.4, 0.5) is 0 Å². The standard InChI is InChI=1S/C17H21ClN2O4/c1-2-24-17(23)14(10-20-11-5-7-12(21)8-6-11)15(22)13-4-3-9-19-16(13)18/h3-4,9-12,20-21H,2,5-8H2,1H3/t11-,12-. The molecule has 7 heteroatoms. The molecule has 1 aliphatic rings. The topological polar surface area (TPSA) is 88.5 Å². The first-order chi connectivity index (χ1) is 11.5. The van der Waals surface area contributed by atoms with Gasteiger partial charge in [0.1, 0.15) is 10.7 Å². The zero-order chi connectivity index (χ0) is 17.5. The summed E-state index contributed by atoms with van der Waals surface area (Å²) in [5.74, 6) is -1.24. The van der Waals surface area contributed by atoms with Crippen molar-refractivity contribution in [3.63, 3.8) is 0 Å². The maximum atomic E-state index is 12.6. The minimum atomic E-state index is -0.703. The fraction of sp³-hybridized carbons (Fsp3) is 0.471. The number of aliphatic hydroxyl groups excluding tert-OH is 1. The van der Waals surface area contributed by atoms with Crippen molar-refractivity contribution in [1.82, 2.24) is 10.3 Å². The summed E-state index contributed by atoms with van der Waals surface area (Å²) in [7, 11) is 0. The second-order valence-electron chi connectivity index (χ2n) is 5.62. The monoisotopic (exact) mass is 352 g/mol. The summed E-state index contributed by atoms with van der Waals surface area (Å²) in [4.78, 5) is 28.6. The molecule has 0 aromatic carbocycles. The molecule has 0 bridgehead atoms. The number of aromatic nitrogens is 1. The molecule has 24 heavy (non-hydrogen) atoms. The molecule has 130 valence electrons. The number of pyridine rings is 1. The Labute approximate surface area is 145 Å². The second kappa shape index (κ2) is 8.80. The zero-order valence-corrected chi connectivity index (χ0v) is 14.3. The predicted octanol–water partition coefficient (Wildman–Crippen LogP) is 2.26. The Morgan fingerprint density at radius 2 is 2.12 bits per heavy atom. The molecule has 0 aliphatic heterocycles. The summed E-state index contributed by atoms with van der Waals surface area (Å²) in [5.41, 5.74) is 0.0391. The number of nitrogens with zero attached hydrogens (tertiary/aromatic N) is 1. The van der Waals surface area contributed by atoms with Gasteiger partial charge in [-0.15, -0.1) is 0 Å². The van der Waals surface area contributed by atoms with Gasteiger partial charge in [-0.25, -0.2) is 9.78 Å². The van der Waals surface area contributed by atoms with Crippen molar-refractivity contribution in [1.29, 1.82) is 0 Å². The molecule has 0 atom stereocenters. The van der Waals surface area contributed by atoms with Gasteiger partial charge in [-0.05, 0) is 44.7 Å². The Morgan fingerprint density at radius 1 is 1.42 bits per heavy atom. The molecular weight excluding hydrogens is 332 g/mol. The summed E-state index contributed by atoms with van der Waals surface area (Å²) in [6, 6.07) is 3.20. The molecule has 0 unspecified atom stereocenters. The SMILES string of the molecule is CCOC(=O)C(=CN[C@H]1CC[C@H](O)CC1)C(=O)c1cccnc1Cl. The Balaban J connectivity index is 2.18. The molecule has 2 rings (SSSR count). The number of aliphatic hydroxyl groups is 1. The Hall–Kier alpha value is -1.92. The minimum Gasteiger partial charge on any atom is -0.462 e. The largest absolute Gasteiger partial charge is 0.462 e. The van der Waals surface area contributed by atoms with Crippen LogP contribution in [0.25, 0.3) is 0 Å². The van der Waals surface area contributed by atoms with Crippen molar-refractivity contribution in [3.8, 4) is 0 Å². The number of carbonyl (C=O) groups excluding carboxylic acids is 2. The molecule has 1 saturated carbocycles. The third kappa shape index (κ3) is 4.79. The van der Waals surface area contributed by atoms with Gasteiger partial charge in [0, 0.05) is 18.4 Å². The summed E-state index contributed by atoms with van der Waals surface area (Å²) >= 11 is 5.95. The van der Waals surface area contributed by atoms with E-state index in [0.29, 0.717) is 12.8 Å². The van der Waals surface area contributed by atoms with E-state index in [4.69, 9.17) is 16.3 Å². The number of Topliss-reactive ketones (excluding diaryl/α,β-unsaturated/α-hetero) is 1. The molecule has 0 radical (unpaired) electrons. The fourth-order valence-electron chi connectivity index (χ4n) is 2.57. The number of carbonyl (C=O) groups is 2. The number of hydrogen-bond donors (Lipinski definition) is 2. The fourth-order valence-corrected chi connectivity index (χ4v) is 2.78. The maximum Gasteiger partial charge on any atom is 0.343 e. The highest BCUT2D eigenvalue weighted by atomic mass is 35.5. The van der Waals surface area contributed by atoms with E-state index in [1.54, 1.807) is 13.0 Å². The van der Waals surface area contributed by atoms with Crippen LogP contribution in [0.1, 0.15) is 43.0 Å². The first-order valence-electron chi connectivity index (χ1n) is 7.99. The van der Waals surface area contributed by atoms with Crippen LogP contribution in [-0.2, 0) is 9.53 Å². The zero-order valence-electron chi connectivity index (χ0n) is 13.5. The molecule has 0 spiro atoms. The molecule has 0 amide bonds. The molecule has 0 saturated heterocycles. The van der Waals surface area contributed by atoms with Crippen LogP contribution in [0.15, 0.2) is 30.1 Å². The van der Waals surface area contributed by atoms with Crippen molar-refractivity contribution in [2.45, 2.75) is 44.8 Å². The van der Waals surface area contributed by atoms with Gasteiger partial charge in [-0.2, -0.15) is 0 Å². The van der Waals surface area contributed by atoms with E-state index < -0.39 is 11.8 Å². The van der Waals surface area contributed by atoms with Crippen molar-refractivity contribution in [3.05, 3.63) is 40.8 Å². The first kappa shape index (κ1) is 18.4. The van der Waals surface area contributed by atoms with E-state index in [2.05, 4.69) is 10.3 Å². The lowest BCUT2D eigenvalue weighted by molar-refractivity contribution is -0.138. The summed E-state index contributed by atoms with van der Waals surface area (Å²) < 4.78 is 4.97. The van der Waals surface area contributed by atoms with Gasteiger partial charge >= 0.3 is 5.97 Å². The molecule has 1 aromatic heterocycles. The van der Waals surface area contributed by atoms with E-state index in [0.717, 1.165) is 12.8 Å². The Bertz CT molecular complexity index is 625. The normalized spacial score (nSPS) is 21.2. The van der Waals surface area contributed by atoms with Gasteiger partial charge < -0.3 is 15.2 Å². The lowest BCUT2D eigenvalue weighted by Crippen LogP contribution is -2.32. The highest BCUT2D eigenvalue weighted by Gasteiger charge is 2.25. The van der Waals surface area contributed by atoms with Crippen LogP contribution in [0, 0.1) is 0 Å². The van der Waals surface area contributed by atoms with Gasteiger partial charge in [0.05, 0.1) is 18.3 Å². The smallest absolute Gasteiger partial charge is 0.343 e. The third-order valence-electron chi connectivity index (χ3n) is 3.90. The number of nitrogens with one attached hydrogen (secondary N) is 1. The van der Waals surface area contributed by atoms with Crippen molar-refractivity contribution >= 4 is 23.4 Å². The summed E-state index contributed by atoms with van der Waals surface area (Å²) in [5, 5.41) is 12.7. The second-order valence-corrected chi connectivity index (χ2v) is 5.98. The number of rotatable bonds is 6. The molecule has 1 aliphatic carbocycles. The van der Waals surface area contributed by atoms with Crippen LogP contribution in [0.5, 0.6) is 0 Å². The number of esters is 1. The summed E-state index contributed by atoms with van der Waals surface area (Å²) in [6.45, 7) is 1.84. The van der Waals surface area contributed by atoms with Crippen LogP contribution in [-0.4, -0.2) is 40.6 Å². The van der Waals surface area contributed by atoms with E-state index >= 15 is 0 Å². The van der Waals surface area contributed by atoms with E-state index in [1.807, 2.05) is 0 Å². The van der Waals surface area contributed by atoms with E-state index in [9.17, 15) is 14.7 Å². The lowest BCUT2D eigenvalue weighted by Gasteiger charge is -2.25. The number of ether oxygens (including phenoxy) is 1. The molecular formula is C17H21ClN2O4. The van der Waals surface area contributed by atoms with Gasteiger partial charge in [0.15, 0.2) is 0 Å². The first-order valence-corrected chi connectivity index (χ1v) is 8.37. The molecule has 2 N–H and O–H groups in total. The van der Waals surface area contributed by atoms with Gasteiger partial charge in [-0.3, -0.25) is 4.79 Å². The van der Waals surface area contributed by atoms with E-state index in [1.165, 1.54) is 18.5 Å². The predicted molar refractivity (Wildman–Crippen MR) is 89.7 cm³/mol. The quantitative estimate of drug-likeness (QED) is 0.204. The van der Waals surface area contributed by atoms with Crippen molar-refractivity contribution < 1.29 is 19.4 Å². The van der Waals surface area contributed by atoms with Gasteiger partial charge in [0.25, 0.3) is 0 Å². The van der Waals surface area contributed by atoms with Crippen molar-refractivity contribution in [2.75, 3.05) is 6.61 Å². The molecule has 1 fully saturated rings. The third-order valence-corrected chi connectivity index (χ3v) is 4.20. The van der Waals surface area contributed by atoms with Crippen LogP contribution in [0.3, 0.4) is 0 Å². The van der Waals surface area contributed by atoms with Crippen LogP contribution >= 0.6 is 11.6 Å². The number of hydrogen-bond acceptors (Lipinski definition) is 6. The Morgan fingerprint density at radius 3 is 2.75 bits per heavy atom. The van der Waals surface area contributed by atoms with Crippen LogP contribution < -0.4 is 5.32 Å². The maximum absolute atomic E-state index is 12.6. The molecule has 1 aromatic rings. The lowest BCUT2D eigenvalue weighted by atomic mass is 9.93. The summed E-state index contributed by atoms with van der Waals surface area (Å²) in [6.07, 6.45) is 5.54. The number of ketones is 1. The van der Waals surface area contributed by atoms with Gasteiger partial charge in [-0.1, -0.05) is 11.6 Å². The average molecular weight is 353 g/mol. The minimum absolute atomic E-state index is 0.0403. The average Bonchev–Trinajstić information content (AvgIpc) is 2.57. The van der Waals surface area contributed by atoms with Crippen LogP contribution in [0.2, 0.25) is 5.15 Å². The van der Waals surface area contributed by atoms with Gasteiger partial charge in [0.2, 0.25) is 5.78 Å².